The van der Waals surface area contributed by atoms with Crippen molar-refractivity contribution in [1.82, 2.24) is 25.6 Å². The number of carbonyl (C=O) groups is 2. The van der Waals surface area contributed by atoms with Crippen LogP contribution in [0.1, 0.15) is 29.8 Å². The topological polar surface area (TPSA) is 100 Å². The highest BCUT2D eigenvalue weighted by Gasteiger charge is 2.33. The van der Waals surface area contributed by atoms with Crippen LogP contribution in [-0.2, 0) is 17.5 Å². The van der Waals surface area contributed by atoms with Gasteiger partial charge < -0.3 is 10.2 Å². The fourth-order valence-corrected chi connectivity index (χ4v) is 5.10. The maximum atomic E-state index is 13.3. The maximum Gasteiger partial charge on any atom is 0.433 e. The van der Waals surface area contributed by atoms with Crippen molar-refractivity contribution < 1.29 is 22.8 Å². The first-order chi connectivity index (χ1) is 17.8. The monoisotopic (exact) mass is 528 g/mol. The van der Waals surface area contributed by atoms with Crippen molar-refractivity contribution in [2.45, 2.75) is 25.6 Å². The van der Waals surface area contributed by atoms with Crippen LogP contribution in [-0.4, -0.2) is 45.7 Å². The van der Waals surface area contributed by atoms with Crippen molar-refractivity contribution in [3.63, 3.8) is 0 Å². The molecule has 2 fully saturated rings. The van der Waals surface area contributed by atoms with Gasteiger partial charge in [0.1, 0.15) is 5.69 Å². The number of hydrogen-bond acceptors (Lipinski definition) is 8. The molecule has 3 aromatic rings. The summed E-state index contributed by atoms with van der Waals surface area (Å²) in [6.07, 6.45) is 0.440. The first-order valence-corrected chi connectivity index (χ1v) is 12.6. The van der Waals surface area contributed by atoms with Crippen LogP contribution < -0.4 is 15.5 Å². The fourth-order valence-electron chi connectivity index (χ4n) is 4.44. The van der Waals surface area contributed by atoms with Gasteiger partial charge in [0.2, 0.25) is 5.95 Å². The van der Waals surface area contributed by atoms with Crippen LogP contribution in [0.4, 0.5) is 23.9 Å². The molecule has 0 saturated carbocycles. The zero-order valence-corrected chi connectivity index (χ0v) is 20.4. The third kappa shape index (κ3) is 5.91. The Morgan fingerprint density at radius 2 is 1.92 bits per heavy atom. The Morgan fingerprint density at radius 3 is 2.65 bits per heavy atom. The molecule has 2 aliphatic rings. The van der Waals surface area contributed by atoms with Gasteiger partial charge in [0.05, 0.1) is 16.1 Å². The van der Waals surface area contributed by atoms with Crippen LogP contribution in [0.2, 0.25) is 0 Å². The molecule has 0 aliphatic carbocycles. The second-order valence-electron chi connectivity index (χ2n) is 8.88. The minimum Gasteiger partial charge on any atom is -0.341 e. The van der Waals surface area contributed by atoms with Gasteiger partial charge in [-0.15, -0.1) is 0 Å². The normalized spacial score (nSPS) is 18.1. The molecule has 2 aromatic heterocycles. The number of para-hydroxylation sites is 1. The Balaban J connectivity index is 1.17. The van der Waals surface area contributed by atoms with Crippen LogP contribution in [0.5, 0.6) is 0 Å². The van der Waals surface area contributed by atoms with Crippen LogP contribution in [0.25, 0.3) is 17.0 Å². The van der Waals surface area contributed by atoms with Gasteiger partial charge >= 0.3 is 6.18 Å². The lowest BCUT2D eigenvalue weighted by molar-refractivity contribution is -0.141. The number of rotatable bonds is 6. The third-order valence-corrected chi connectivity index (χ3v) is 7.13. The summed E-state index contributed by atoms with van der Waals surface area (Å²) in [5.41, 5.74) is 0.571. The molecule has 0 spiro atoms. The van der Waals surface area contributed by atoms with Crippen LogP contribution in [0.15, 0.2) is 47.5 Å². The number of benzene rings is 1. The number of halogens is 3. The number of imide groups is 1. The van der Waals surface area contributed by atoms with Crippen molar-refractivity contribution in [2.24, 2.45) is 5.92 Å². The molecule has 2 amide bonds. The van der Waals surface area contributed by atoms with Gasteiger partial charge in [-0.05, 0) is 66.9 Å². The Bertz CT molecular complexity index is 1370. The van der Waals surface area contributed by atoms with Crippen molar-refractivity contribution in [1.29, 1.82) is 0 Å². The average molecular weight is 529 g/mol. The van der Waals surface area contributed by atoms with E-state index in [1.165, 1.54) is 0 Å². The van der Waals surface area contributed by atoms with E-state index in [9.17, 15) is 22.8 Å². The third-order valence-electron chi connectivity index (χ3n) is 6.32. The van der Waals surface area contributed by atoms with Crippen LogP contribution >= 0.6 is 11.8 Å². The number of carbonyl (C=O) groups excluding carboxylic acids is 2. The van der Waals surface area contributed by atoms with Gasteiger partial charge in [0.15, 0.2) is 0 Å². The SMILES string of the molecule is O=C1NC(=O)C(=Cc2ccnc(N3CCC(CNCc4cc(C(F)(F)F)nc5ccccc45)CC3)n2)S1. The van der Waals surface area contributed by atoms with E-state index in [1.54, 1.807) is 42.6 Å². The van der Waals surface area contributed by atoms with Crippen molar-refractivity contribution in [3.05, 3.63) is 64.5 Å². The molecule has 2 N–H and O–H groups in total. The van der Waals surface area contributed by atoms with Gasteiger partial charge in [0.25, 0.3) is 11.1 Å². The van der Waals surface area contributed by atoms with Gasteiger partial charge in [-0.1, -0.05) is 18.2 Å². The lowest BCUT2D eigenvalue weighted by atomic mass is 9.97. The molecule has 0 atom stereocenters. The number of fused-ring (bicyclic) bond motifs is 1. The largest absolute Gasteiger partial charge is 0.433 e. The molecule has 0 unspecified atom stereocenters. The summed E-state index contributed by atoms with van der Waals surface area (Å²) in [4.78, 5) is 38.2. The van der Waals surface area contributed by atoms with E-state index in [1.807, 2.05) is 0 Å². The summed E-state index contributed by atoms with van der Waals surface area (Å²) in [7, 11) is 0. The van der Waals surface area contributed by atoms with E-state index in [-0.39, 0.29) is 0 Å². The summed E-state index contributed by atoms with van der Waals surface area (Å²) in [6, 6.07) is 9.67. The Labute approximate surface area is 214 Å². The molecule has 8 nitrogen and oxygen atoms in total. The molecule has 2 saturated heterocycles. The number of pyridine rings is 1. The Hall–Kier alpha value is -3.51. The minimum absolute atomic E-state index is 0.295. The standard InChI is InChI=1S/C25H23F3N6O2S/c26-25(27,28)21-11-16(18-3-1-2-4-19(18)32-21)14-29-13-15-6-9-34(10-7-15)23-30-8-5-17(31-23)12-20-22(35)33-24(36)37-20/h1-5,8,11-12,15,29H,6-7,9-10,13-14H2,(H,33,35,36). The molecule has 1 aromatic carbocycles. The molecule has 0 radical (unpaired) electrons. The number of anilines is 1. The number of aromatic nitrogens is 3. The van der Waals surface area contributed by atoms with Gasteiger partial charge in [-0.3, -0.25) is 14.9 Å². The first kappa shape index (κ1) is 25.2. The minimum atomic E-state index is -4.50. The highest BCUT2D eigenvalue weighted by atomic mass is 32.2. The first-order valence-electron chi connectivity index (χ1n) is 11.8. The second kappa shape index (κ2) is 10.5. The molecule has 12 heteroatoms. The molecular formula is C25H23F3N6O2S. The van der Waals surface area contributed by atoms with Crippen LogP contribution in [0.3, 0.4) is 0 Å². The Morgan fingerprint density at radius 1 is 1.14 bits per heavy atom. The number of nitrogens with zero attached hydrogens (tertiary/aromatic N) is 4. The number of amides is 2. The molecule has 192 valence electrons. The number of thioether (sulfide) groups is 1. The van der Waals surface area contributed by atoms with E-state index in [0.29, 0.717) is 52.0 Å². The second-order valence-corrected chi connectivity index (χ2v) is 9.89. The molecule has 4 heterocycles. The predicted octanol–water partition coefficient (Wildman–Crippen LogP) is 4.37. The van der Waals surface area contributed by atoms with Crippen LogP contribution in [0, 0.1) is 5.92 Å². The lowest BCUT2D eigenvalue weighted by Gasteiger charge is -2.32. The Kier molecular flexibility index (Phi) is 7.11. The smallest absolute Gasteiger partial charge is 0.341 e. The van der Waals surface area contributed by atoms with E-state index < -0.39 is 23.0 Å². The maximum absolute atomic E-state index is 13.3. The van der Waals surface area contributed by atoms with E-state index in [4.69, 9.17) is 0 Å². The molecular weight excluding hydrogens is 505 g/mol. The number of nitrogens with one attached hydrogen (secondary N) is 2. The number of hydrogen-bond donors (Lipinski definition) is 2. The van der Waals surface area contributed by atoms with Crippen molar-refractivity contribution in [2.75, 3.05) is 24.5 Å². The quantitative estimate of drug-likeness (QED) is 0.455. The van der Waals surface area contributed by atoms with E-state index >= 15 is 0 Å². The zero-order chi connectivity index (χ0) is 26.0. The highest BCUT2D eigenvalue weighted by molar-refractivity contribution is 8.18. The van der Waals surface area contributed by atoms with E-state index in [2.05, 4.69) is 30.5 Å². The van der Waals surface area contributed by atoms with Gasteiger partial charge in [0, 0.05) is 31.2 Å². The summed E-state index contributed by atoms with van der Waals surface area (Å²) in [6.45, 7) is 2.46. The van der Waals surface area contributed by atoms with Crippen molar-refractivity contribution in [3.8, 4) is 0 Å². The number of alkyl halides is 3. The fraction of sp³-hybridized carbons (Fsp3) is 0.320. The van der Waals surface area contributed by atoms with E-state index in [0.717, 1.165) is 43.8 Å². The average Bonchev–Trinajstić information content (AvgIpc) is 3.20. The summed E-state index contributed by atoms with van der Waals surface area (Å²) in [5, 5.41) is 5.86. The molecule has 37 heavy (non-hydrogen) atoms. The molecule has 5 rings (SSSR count). The highest BCUT2D eigenvalue weighted by Crippen LogP contribution is 2.31. The van der Waals surface area contributed by atoms with Crippen molar-refractivity contribution >= 4 is 45.8 Å². The molecule has 2 aliphatic heterocycles. The predicted molar refractivity (Wildman–Crippen MR) is 135 cm³/mol. The molecule has 0 bridgehead atoms. The summed E-state index contributed by atoms with van der Waals surface area (Å²) < 4.78 is 39.9. The van der Waals surface area contributed by atoms with Gasteiger partial charge in [-0.2, -0.15) is 13.2 Å². The summed E-state index contributed by atoms with van der Waals surface area (Å²) in [5.74, 6) is 0.484. The van der Waals surface area contributed by atoms with Gasteiger partial charge in [-0.25, -0.2) is 15.0 Å². The lowest BCUT2D eigenvalue weighted by Crippen LogP contribution is -2.38. The summed E-state index contributed by atoms with van der Waals surface area (Å²) >= 11 is 0.840. The number of piperidine rings is 1. The zero-order valence-electron chi connectivity index (χ0n) is 19.6.